The van der Waals surface area contributed by atoms with Crippen molar-refractivity contribution in [2.24, 2.45) is 17.2 Å². The van der Waals surface area contributed by atoms with E-state index in [1.807, 2.05) is 0 Å². The van der Waals surface area contributed by atoms with E-state index in [1.165, 1.54) is 0 Å². The number of hydrogen-bond acceptors (Lipinski definition) is 8. The first-order valence-corrected chi connectivity index (χ1v) is 5.84. The molecule has 0 saturated carbocycles. The average Bonchev–Trinajstić information content (AvgIpc) is 2.24. The van der Waals surface area contributed by atoms with E-state index >= 15 is 0 Å². The summed E-state index contributed by atoms with van der Waals surface area (Å²) in [5.41, 5.74) is 14.4. The monoisotopic (exact) mass is 397 g/mol. The summed E-state index contributed by atoms with van der Waals surface area (Å²) in [4.78, 5) is 45.0. The molecule has 0 aromatic rings. The third-order valence-corrected chi connectivity index (χ3v) is 0.192. The maximum absolute atomic E-state index is 9.00. The van der Waals surface area contributed by atoms with Crippen LogP contribution in [-0.2, 0) is 24.0 Å². The Hall–Kier alpha value is -2.51. The van der Waals surface area contributed by atoms with Crippen molar-refractivity contribution in [1.82, 2.24) is 0 Å². The summed E-state index contributed by atoms with van der Waals surface area (Å²) < 4.78 is 0. The second-order valence-corrected chi connectivity index (χ2v) is 3.26. The van der Waals surface area contributed by atoms with Crippen LogP contribution in [0.4, 0.5) is 0 Å². The summed E-state index contributed by atoms with van der Waals surface area (Å²) in [6, 6.07) is 0. The van der Waals surface area contributed by atoms with Crippen molar-refractivity contribution in [3.63, 3.8) is 0 Å². The van der Waals surface area contributed by atoms with Crippen LogP contribution in [0.25, 0.3) is 0 Å². The first-order chi connectivity index (χ1) is 10.9. The number of aliphatic carboxylic acids is 5. The Bertz CT molecular complexity index is 320. The van der Waals surface area contributed by atoms with Crippen LogP contribution in [0.15, 0.2) is 12.0 Å². The molecule has 0 bridgehead atoms. The first-order valence-electron chi connectivity index (χ1n) is 5.84. The fourth-order valence-corrected chi connectivity index (χ4v) is 0. The predicted molar refractivity (Wildman–Crippen MR) is 94.3 cm³/mol. The normalized spacial score (nSPS) is 6.04. The molecular weight excluding hydrogens is 369 g/mol. The molecular formula is C12H28N3NaO10. The number of hydrogen-bond donors (Lipinski definition) is 8. The van der Waals surface area contributed by atoms with Crippen LogP contribution in [0.3, 0.4) is 0 Å². The molecule has 0 spiro atoms. The van der Waals surface area contributed by atoms with Crippen molar-refractivity contribution in [2.45, 2.75) is 34.6 Å². The fraction of sp³-hybridized carbons (Fsp3) is 0.417. The molecule has 0 heterocycles. The third kappa shape index (κ3) is 34700. The van der Waals surface area contributed by atoms with E-state index in [-0.39, 0.29) is 35.4 Å². The fourth-order valence-electron chi connectivity index (χ4n) is 0. The Morgan fingerprint density at radius 1 is 0.577 bits per heavy atom. The van der Waals surface area contributed by atoms with Gasteiger partial charge in [-0.25, -0.2) is 0 Å². The van der Waals surface area contributed by atoms with Crippen LogP contribution in [-0.4, -0.2) is 84.9 Å². The number of carbonyl (C=O) groups is 5. The molecule has 0 aliphatic rings. The summed E-state index contributed by atoms with van der Waals surface area (Å²) in [6.07, 6.45) is 1.14. The first kappa shape index (κ1) is 43.7. The van der Waals surface area contributed by atoms with Gasteiger partial charge in [-0.1, -0.05) is 0 Å². The Morgan fingerprint density at radius 3 is 0.615 bits per heavy atom. The quantitative estimate of drug-likeness (QED) is 0.216. The predicted octanol–water partition coefficient (Wildman–Crippen LogP) is -1.53. The van der Waals surface area contributed by atoms with Crippen molar-refractivity contribution in [2.75, 3.05) is 0 Å². The summed E-state index contributed by atoms with van der Waals surface area (Å²) in [5, 5.41) is 37.1. The molecule has 0 aliphatic carbocycles. The topological polar surface area (TPSA) is 265 Å². The molecule has 13 nitrogen and oxygen atoms in total. The van der Waals surface area contributed by atoms with Gasteiger partial charge >= 0.3 is 29.6 Å². The maximum atomic E-state index is 9.00. The standard InChI is InChI=1S/C2H7N3.5C2H4O2.Na.H/c3-1-2(4)5;5*1-2(3)4;;/h1H,3-5H2;5*1H3,(H,3,4);;. The molecule has 0 unspecified atom stereocenters. The van der Waals surface area contributed by atoms with Gasteiger partial charge < -0.3 is 42.7 Å². The number of carboxylic acid groups (broad SMARTS) is 5. The van der Waals surface area contributed by atoms with Crippen LogP contribution in [0.5, 0.6) is 0 Å². The van der Waals surface area contributed by atoms with Crippen molar-refractivity contribution in [3.8, 4) is 0 Å². The molecule has 0 saturated heterocycles. The van der Waals surface area contributed by atoms with Crippen LogP contribution >= 0.6 is 0 Å². The van der Waals surface area contributed by atoms with Crippen molar-refractivity contribution in [3.05, 3.63) is 12.0 Å². The van der Waals surface area contributed by atoms with Gasteiger partial charge in [-0.2, -0.15) is 0 Å². The van der Waals surface area contributed by atoms with Gasteiger partial charge in [-0.3, -0.25) is 24.0 Å². The Morgan fingerprint density at radius 2 is 0.615 bits per heavy atom. The van der Waals surface area contributed by atoms with Gasteiger partial charge in [0.1, 0.15) is 5.82 Å². The van der Waals surface area contributed by atoms with Gasteiger partial charge in [-0.05, 0) is 0 Å². The van der Waals surface area contributed by atoms with E-state index in [2.05, 4.69) is 0 Å². The van der Waals surface area contributed by atoms with E-state index in [9.17, 15) is 0 Å². The van der Waals surface area contributed by atoms with E-state index < -0.39 is 29.8 Å². The number of rotatable bonds is 0. The van der Waals surface area contributed by atoms with Gasteiger partial charge in [0.25, 0.3) is 29.8 Å². The van der Waals surface area contributed by atoms with Gasteiger partial charge in [0, 0.05) is 40.8 Å². The Balaban J connectivity index is -0.0000000331. The van der Waals surface area contributed by atoms with Crippen molar-refractivity contribution in [1.29, 1.82) is 0 Å². The summed E-state index contributed by atoms with van der Waals surface area (Å²) in [5.74, 6) is -4.01. The van der Waals surface area contributed by atoms with Gasteiger partial charge in [-0.15, -0.1) is 0 Å². The molecule has 0 amide bonds. The summed E-state index contributed by atoms with van der Waals surface area (Å²) in [6.45, 7) is 5.42. The van der Waals surface area contributed by atoms with E-state index in [1.54, 1.807) is 0 Å². The SMILES string of the molecule is CC(=O)O.CC(=O)O.CC(=O)O.CC(=O)O.CC(=O)O.NC=C(N)N.[NaH]. The van der Waals surface area contributed by atoms with E-state index in [0.717, 1.165) is 40.8 Å². The molecule has 11 N–H and O–H groups in total. The molecule has 0 aromatic carbocycles. The Labute approximate surface area is 172 Å². The van der Waals surface area contributed by atoms with Crippen LogP contribution in [0, 0.1) is 0 Å². The third-order valence-electron chi connectivity index (χ3n) is 0.192. The molecule has 0 aliphatic heterocycles. The van der Waals surface area contributed by atoms with Crippen LogP contribution in [0.2, 0.25) is 0 Å². The number of carboxylic acids is 5. The van der Waals surface area contributed by atoms with Gasteiger partial charge in [0.2, 0.25) is 0 Å². The van der Waals surface area contributed by atoms with Crippen molar-refractivity contribution < 1.29 is 49.5 Å². The van der Waals surface area contributed by atoms with E-state index in [4.69, 9.17) is 66.7 Å². The molecule has 0 atom stereocenters. The zero-order valence-corrected chi connectivity index (χ0v) is 14.6. The summed E-state index contributed by atoms with van der Waals surface area (Å²) >= 11 is 0. The molecule has 0 aromatic heterocycles. The van der Waals surface area contributed by atoms with Crippen LogP contribution in [0.1, 0.15) is 34.6 Å². The zero-order chi connectivity index (χ0) is 22.2. The number of nitrogens with two attached hydrogens (primary N) is 3. The zero-order valence-electron chi connectivity index (χ0n) is 14.6. The molecule has 14 heteroatoms. The average molecular weight is 397 g/mol. The van der Waals surface area contributed by atoms with Gasteiger partial charge in [0.15, 0.2) is 0 Å². The second kappa shape index (κ2) is 38.2. The molecule has 26 heavy (non-hydrogen) atoms. The molecule has 0 fully saturated rings. The molecule has 152 valence electrons. The molecule has 0 rings (SSSR count). The minimum absolute atomic E-state index is 0. The molecule has 0 radical (unpaired) electrons. The minimum atomic E-state index is -0.833. The Kier molecular flexibility index (Phi) is 64.2. The van der Waals surface area contributed by atoms with Gasteiger partial charge in [0.05, 0.1) is 0 Å². The second-order valence-electron chi connectivity index (χ2n) is 3.26. The van der Waals surface area contributed by atoms with Crippen LogP contribution < -0.4 is 17.2 Å². The summed E-state index contributed by atoms with van der Waals surface area (Å²) in [7, 11) is 0. The van der Waals surface area contributed by atoms with E-state index in [0.29, 0.717) is 0 Å². The van der Waals surface area contributed by atoms with Crippen molar-refractivity contribution >= 4 is 59.4 Å².